The van der Waals surface area contributed by atoms with E-state index in [0.717, 1.165) is 11.1 Å². The van der Waals surface area contributed by atoms with Crippen LogP contribution in [0.25, 0.3) is 0 Å². The maximum atomic E-state index is 13.8. The number of halogens is 3. The Labute approximate surface area is 127 Å². The van der Waals surface area contributed by atoms with E-state index in [1.165, 1.54) is 6.07 Å². The Balaban J connectivity index is 2.09. The van der Waals surface area contributed by atoms with Crippen LogP contribution < -0.4 is 10.5 Å². The van der Waals surface area contributed by atoms with E-state index in [2.05, 4.69) is 0 Å². The van der Waals surface area contributed by atoms with Gasteiger partial charge in [0, 0.05) is 6.04 Å². The van der Waals surface area contributed by atoms with Crippen molar-refractivity contribution in [3.63, 3.8) is 0 Å². The van der Waals surface area contributed by atoms with Crippen molar-refractivity contribution >= 4 is 23.2 Å². The summed E-state index contributed by atoms with van der Waals surface area (Å²) in [6.07, 6.45) is 0. The molecule has 0 radical (unpaired) electrons. The molecular formula is C15H14Cl2FNO. The number of benzene rings is 2. The lowest BCUT2D eigenvalue weighted by Crippen LogP contribution is -2.06. The standard InChI is InChI=1S/C15H14Cl2FNO/c1-9(19)11-3-5-15(14(18)7-11)20-8-10-2-4-12(16)13(17)6-10/h2-7,9H,8,19H2,1H3/t9-/m0/s1. The Morgan fingerprint density at radius 2 is 1.90 bits per heavy atom. The summed E-state index contributed by atoms with van der Waals surface area (Å²) in [7, 11) is 0. The zero-order chi connectivity index (χ0) is 14.7. The van der Waals surface area contributed by atoms with Crippen LogP contribution in [0.5, 0.6) is 5.75 Å². The second-order valence-electron chi connectivity index (χ2n) is 4.52. The predicted octanol–water partition coefficient (Wildman–Crippen LogP) is 4.73. The van der Waals surface area contributed by atoms with Crippen molar-refractivity contribution in [3.8, 4) is 5.75 Å². The summed E-state index contributed by atoms with van der Waals surface area (Å²) in [6, 6.07) is 9.64. The van der Waals surface area contributed by atoms with Gasteiger partial charge in [-0.2, -0.15) is 0 Å². The van der Waals surface area contributed by atoms with E-state index >= 15 is 0 Å². The molecule has 0 saturated carbocycles. The number of hydrogen-bond acceptors (Lipinski definition) is 2. The molecule has 0 unspecified atom stereocenters. The minimum atomic E-state index is -0.431. The van der Waals surface area contributed by atoms with Gasteiger partial charge in [0.15, 0.2) is 11.6 Å². The summed E-state index contributed by atoms with van der Waals surface area (Å²) < 4.78 is 19.3. The third kappa shape index (κ3) is 3.63. The van der Waals surface area contributed by atoms with Crippen LogP contribution in [0.3, 0.4) is 0 Å². The van der Waals surface area contributed by atoms with Gasteiger partial charge in [-0.1, -0.05) is 35.3 Å². The molecule has 0 aliphatic heterocycles. The summed E-state index contributed by atoms with van der Waals surface area (Å²) >= 11 is 11.7. The maximum Gasteiger partial charge on any atom is 0.165 e. The fourth-order valence-electron chi connectivity index (χ4n) is 1.71. The minimum absolute atomic E-state index is 0.181. The first-order valence-electron chi connectivity index (χ1n) is 6.09. The molecule has 5 heteroatoms. The van der Waals surface area contributed by atoms with E-state index in [1.807, 2.05) is 0 Å². The van der Waals surface area contributed by atoms with Crippen LogP contribution in [-0.2, 0) is 6.61 Å². The first kappa shape index (κ1) is 15.1. The number of ether oxygens (including phenoxy) is 1. The molecule has 2 N–H and O–H groups in total. The third-order valence-electron chi connectivity index (χ3n) is 2.86. The van der Waals surface area contributed by atoms with Crippen LogP contribution in [-0.4, -0.2) is 0 Å². The van der Waals surface area contributed by atoms with E-state index in [-0.39, 0.29) is 18.4 Å². The fraction of sp³-hybridized carbons (Fsp3) is 0.200. The third-order valence-corrected chi connectivity index (χ3v) is 3.60. The van der Waals surface area contributed by atoms with Gasteiger partial charge in [-0.15, -0.1) is 0 Å². The lowest BCUT2D eigenvalue weighted by Gasteiger charge is -2.11. The number of rotatable bonds is 4. The fourth-order valence-corrected chi connectivity index (χ4v) is 2.03. The Kier molecular flexibility index (Phi) is 4.86. The van der Waals surface area contributed by atoms with Crippen molar-refractivity contribution in [2.75, 3.05) is 0 Å². The largest absolute Gasteiger partial charge is 0.486 e. The van der Waals surface area contributed by atoms with Gasteiger partial charge < -0.3 is 10.5 Å². The van der Waals surface area contributed by atoms with Gasteiger partial charge in [0.05, 0.1) is 10.0 Å². The molecule has 0 bridgehead atoms. The van der Waals surface area contributed by atoms with E-state index in [0.29, 0.717) is 10.0 Å². The Morgan fingerprint density at radius 1 is 1.15 bits per heavy atom. The summed E-state index contributed by atoms with van der Waals surface area (Å²) in [5.74, 6) is -0.250. The van der Waals surface area contributed by atoms with E-state index < -0.39 is 5.82 Å². The minimum Gasteiger partial charge on any atom is -0.486 e. The van der Waals surface area contributed by atoms with Crippen molar-refractivity contribution in [1.82, 2.24) is 0 Å². The molecule has 0 spiro atoms. The van der Waals surface area contributed by atoms with Crippen molar-refractivity contribution in [2.45, 2.75) is 19.6 Å². The highest BCUT2D eigenvalue weighted by Crippen LogP contribution is 2.25. The first-order chi connectivity index (χ1) is 9.47. The molecule has 2 aromatic rings. The Bertz CT molecular complexity index is 617. The topological polar surface area (TPSA) is 35.2 Å². The molecule has 0 amide bonds. The molecule has 0 heterocycles. The average Bonchev–Trinajstić information content (AvgIpc) is 2.41. The summed E-state index contributed by atoms with van der Waals surface area (Å²) in [6.45, 7) is 2.01. The molecule has 0 aliphatic carbocycles. The van der Waals surface area contributed by atoms with Gasteiger partial charge in [0.1, 0.15) is 6.61 Å². The smallest absolute Gasteiger partial charge is 0.165 e. The van der Waals surface area contributed by atoms with Crippen LogP contribution in [0.2, 0.25) is 10.0 Å². The number of hydrogen-bond donors (Lipinski definition) is 1. The zero-order valence-corrected chi connectivity index (χ0v) is 12.4. The molecule has 20 heavy (non-hydrogen) atoms. The quantitative estimate of drug-likeness (QED) is 0.885. The van der Waals surface area contributed by atoms with Crippen LogP contribution >= 0.6 is 23.2 Å². The van der Waals surface area contributed by atoms with Gasteiger partial charge >= 0.3 is 0 Å². The molecule has 0 aromatic heterocycles. The lowest BCUT2D eigenvalue weighted by molar-refractivity contribution is 0.290. The van der Waals surface area contributed by atoms with Crippen molar-refractivity contribution < 1.29 is 9.13 Å². The Morgan fingerprint density at radius 3 is 2.50 bits per heavy atom. The average molecular weight is 314 g/mol. The summed E-state index contributed by atoms with van der Waals surface area (Å²) in [5, 5.41) is 0.920. The van der Waals surface area contributed by atoms with Crippen molar-refractivity contribution in [2.24, 2.45) is 5.73 Å². The Hall–Kier alpha value is -1.29. The second kappa shape index (κ2) is 6.44. The highest BCUT2D eigenvalue weighted by molar-refractivity contribution is 6.42. The molecular weight excluding hydrogens is 300 g/mol. The SMILES string of the molecule is C[C@H](N)c1ccc(OCc2ccc(Cl)c(Cl)c2)c(F)c1. The molecule has 2 nitrogen and oxygen atoms in total. The van der Waals surface area contributed by atoms with Crippen LogP contribution in [0.1, 0.15) is 24.1 Å². The van der Waals surface area contributed by atoms with Crippen LogP contribution in [0, 0.1) is 5.82 Å². The molecule has 2 rings (SSSR count). The lowest BCUT2D eigenvalue weighted by atomic mass is 10.1. The van der Waals surface area contributed by atoms with Crippen LogP contribution in [0.15, 0.2) is 36.4 Å². The number of nitrogens with two attached hydrogens (primary N) is 1. The maximum absolute atomic E-state index is 13.8. The highest BCUT2D eigenvalue weighted by atomic mass is 35.5. The molecule has 0 fully saturated rings. The van der Waals surface area contributed by atoms with E-state index in [1.54, 1.807) is 37.3 Å². The van der Waals surface area contributed by atoms with E-state index in [4.69, 9.17) is 33.7 Å². The molecule has 0 aliphatic rings. The molecule has 2 aromatic carbocycles. The molecule has 106 valence electrons. The highest BCUT2D eigenvalue weighted by Gasteiger charge is 2.08. The molecule has 0 saturated heterocycles. The molecule has 1 atom stereocenters. The monoisotopic (exact) mass is 313 g/mol. The zero-order valence-electron chi connectivity index (χ0n) is 10.9. The first-order valence-corrected chi connectivity index (χ1v) is 6.84. The predicted molar refractivity (Wildman–Crippen MR) is 79.8 cm³/mol. The van der Waals surface area contributed by atoms with Gasteiger partial charge in [-0.05, 0) is 42.3 Å². The normalized spacial score (nSPS) is 12.2. The van der Waals surface area contributed by atoms with Crippen LogP contribution in [0.4, 0.5) is 4.39 Å². The van der Waals surface area contributed by atoms with Gasteiger partial charge in [0.25, 0.3) is 0 Å². The van der Waals surface area contributed by atoms with Gasteiger partial charge in [-0.25, -0.2) is 4.39 Å². The van der Waals surface area contributed by atoms with Crippen molar-refractivity contribution in [3.05, 3.63) is 63.4 Å². The van der Waals surface area contributed by atoms with E-state index in [9.17, 15) is 4.39 Å². The van der Waals surface area contributed by atoms with Crippen molar-refractivity contribution in [1.29, 1.82) is 0 Å². The van der Waals surface area contributed by atoms with Gasteiger partial charge in [0.2, 0.25) is 0 Å². The van der Waals surface area contributed by atoms with Gasteiger partial charge in [-0.3, -0.25) is 0 Å². The summed E-state index contributed by atoms with van der Waals surface area (Å²) in [4.78, 5) is 0. The second-order valence-corrected chi connectivity index (χ2v) is 5.33. The summed E-state index contributed by atoms with van der Waals surface area (Å²) in [5.41, 5.74) is 7.24.